The Kier molecular flexibility index (Phi) is 1.37. The van der Waals surface area contributed by atoms with Crippen molar-refractivity contribution in [3.8, 4) is 0 Å². The first kappa shape index (κ1) is 8.09. The van der Waals surface area contributed by atoms with Crippen molar-refractivity contribution in [1.29, 1.82) is 0 Å². The zero-order valence-corrected chi connectivity index (χ0v) is 8.02. The zero-order chi connectivity index (χ0) is 8.98. The van der Waals surface area contributed by atoms with Crippen LogP contribution in [0, 0.1) is 16.7 Å². The fourth-order valence-electron chi connectivity index (χ4n) is 2.91. The minimum Gasteiger partial charge on any atom is -0.469 e. The number of carbonyl (C=O) groups is 1. The lowest BCUT2D eigenvalue weighted by Gasteiger charge is -2.70. The van der Waals surface area contributed by atoms with Crippen LogP contribution in [-0.4, -0.2) is 13.1 Å². The summed E-state index contributed by atoms with van der Waals surface area (Å²) in [5.41, 5.74) is 0.465. The molecule has 0 saturated heterocycles. The van der Waals surface area contributed by atoms with E-state index in [-0.39, 0.29) is 11.4 Å². The van der Waals surface area contributed by atoms with E-state index in [0.29, 0.717) is 5.41 Å². The second-order valence-electron chi connectivity index (χ2n) is 4.82. The van der Waals surface area contributed by atoms with Gasteiger partial charge in [0.15, 0.2) is 0 Å². The summed E-state index contributed by atoms with van der Waals surface area (Å²) < 4.78 is 4.78. The number of hydrogen-bond acceptors (Lipinski definition) is 2. The first-order chi connectivity index (χ1) is 5.55. The van der Waals surface area contributed by atoms with Crippen molar-refractivity contribution in [2.24, 2.45) is 16.7 Å². The van der Waals surface area contributed by atoms with Gasteiger partial charge < -0.3 is 4.74 Å². The van der Waals surface area contributed by atoms with Gasteiger partial charge in [-0.15, -0.1) is 0 Å². The molecule has 2 nitrogen and oxygen atoms in total. The van der Waals surface area contributed by atoms with E-state index in [4.69, 9.17) is 4.74 Å². The van der Waals surface area contributed by atoms with Gasteiger partial charge in [0.05, 0.1) is 12.5 Å². The van der Waals surface area contributed by atoms with E-state index in [1.165, 1.54) is 7.11 Å². The monoisotopic (exact) mass is 168 g/mol. The van der Waals surface area contributed by atoms with Crippen LogP contribution in [0.4, 0.5) is 0 Å². The van der Waals surface area contributed by atoms with Crippen molar-refractivity contribution in [2.45, 2.75) is 33.1 Å². The molecule has 0 unspecified atom stereocenters. The molecular weight excluding hydrogens is 152 g/mol. The lowest BCUT2D eigenvalue weighted by Crippen LogP contribution is -2.67. The smallest absolute Gasteiger partial charge is 0.311 e. The molecule has 68 valence electrons. The average molecular weight is 168 g/mol. The van der Waals surface area contributed by atoms with E-state index in [0.717, 1.165) is 25.2 Å². The number of ether oxygens (including phenoxy) is 1. The molecule has 3 aliphatic rings. The van der Waals surface area contributed by atoms with Crippen LogP contribution in [0.5, 0.6) is 0 Å². The van der Waals surface area contributed by atoms with Crippen LogP contribution in [0.25, 0.3) is 0 Å². The molecule has 0 aliphatic heterocycles. The summed E-state index contributed by atoms with van der Waals surface area (Å²) in [6.45, 7) is 4.50. The Bertz CT molecular complexity index is 210. The van der Waals surface area contributed by atoms with Gasteiger partial charge in [0.25, 0.3) is 0 Å². The molecule has 0 radical (unpaired) electrons. The summed E-state index contributed by atoms with van der Waals surface area (Å²) in [6.07, 6.45) is 3.22. The molecule has 0 aromatic heterocycles. The van der Waals surface area contributed by atoms with Crippen LogP contribution in [-0.2, 0) is 9.53 Å². The highest BCUT2D eigenvalue weighted by Gasteiger charge is 2.72. The standard InChI is InChI=1S/C10H16O2/c1-7(2)9-4-10(5-9,6-9)8(11)12-3/h7H,4-6H2,1-3H3. The molecule has 2 bridgehead atoms. The van der Waals surface area contributed by atoms with Crippen molar-refractivity contribution >= 4 is 5.97 Å². The van der Waals surface area contributed by atoms with Gasteiger partial charge in [-0.1, -0.05) is 13.8 Å². The summed E-state index contributed by atoms with van der Waals surface area (Å²) in [4.78, 5) is 11.3. The molecule has 3 fully saturated rings. The molecule has 0 spiro atoms. The minimum absolute atomic E-state index is 0.0185. The molecule has 0 aromatic carbocycles. The highest BCUT2D eigenvalue weighted by Crippen LogP contribution is 2.76. The van der Waals surface area contributed by atoms with Crippen molar-refractivity contribution in [2.75, 3.05) is 7.11 Å². The third-order valence-corrected chi connectivity index (χ3v) is 3.91. The van der Waals surface area contributed by atoms with Crippen LogP contribution in [0.3, 0.4) is 0 Å². The Morgan fingerprint density at radius 1 is 1.33 bits per heavy atom. The lowest BCUT2D eigenvalue weighted by molar-refractivity contribution is -0.240. The largest absolute Gasteiger partial charge is 0.469 e. The third-order valence-electron chi connectivity index (χ3n) is 3.91. The predicted octanol–water partition coefficient (Wildman–Crippen LogP) is 1.99. The maximum absolute atomic E-state index is 11.3. The average Bonchev–Trinajstić information content (AvgIpc) is 1.80. The van der Waals surface area contributed by atoms with Gasteiger partial charge in [0, 0.05) is 0 Å². The van der Waals surface area contributed by atoms with Gasteiger partial charge >= 0.3 is 5.97 Å². The number of rotatable bonds is 2. The summed E-state index contributed by atoms with van der Waals surface area (Å²) in [7, 11) is 1.49. The normalized spacial score (nSPS) is 43.3. The summed E-state index contributed by atoms with van der Waals surface area (Å²) >= 11 is 0. The van der Waals surface area contributed by atoms with E-state index >= 15 is 0 Å². The molecule has 0 heterocycles. The lowest BCUT2D eigenvalue weighted by atomic mass is 9.32. The number of carbonyl (C=O) groups excluding carboxylic acids is 1. The molecular formula is C10H16O2. The van der Waals surface area contributed by atoms with E-state index in [1.807, 2.05) is 0 Å². The first-order valence-corrected chi connectivity index (χ1v) is 4.63. The van der Waals surface area contributed by atoms with E-state index < -0.39 is 0 Å². The summed E-state index contributed by atoms with van der Waals surface area (Å²) in [5, 5.41) is 0. The van der Waals surface area contributed by atoms with Crippen LogP contribution in [0.2, 0.25) is 0 Å². The van der Waals surface area contributed by atoms with Gasteiger partial charge in [0.2, 0.25) is 0 Å². The molecule has 3 rings (SSSR count). The SMILES string of the molecule is COC(=O)C12CC(C(C)C)(C1)C2. The Morgan fingerprint density at radius 3 is 2.17 bits per heavy atom. The molecule has 12 heavy (non-hydrogen) atoms. The van der Waals surface area contributed by atoms with Gasteiger partial charge in [-0.2, -0.15) is 0 Å². The molecule has 3 aliphatic carbocycles. The van der Waals surface area contributed by atoms with E-state index in [1.54, 1.807) is 0 Å². The predicted molar refractivity (Wildman–Crippen MR) is 45.6 cm³/mol. The Balaban J connectivity index is 2.00. The number of methoxy groups -OCH3 is 1. The first-order valence-electron chi connectivity index (χ1n) is 4.63. The van der Waals surface area contributed by atoms with Crippen molar-refractivity contribution < 1.29 is 9.53 Å². The highest BCUT2D eigenvalue weighted by molar-refractivity contribution is 5.81. The zero-order valence-electron chi connectivity index (χ0n) is 8.02. The van der Waals surface area contributed by atoms with Gasteiger partial charge in [0.1, 0.15) is 0 Å². The van der Waals surface area contributed by atoms with Crippen molar-refractivity contribution in [3.63, 3.8) is 0 Å². The Hall–Kier alpha value is -0.530. The van der Waals surface area contributed by atoms with Crippen LogP contribution >= 0.6 is 0 Å². The maximum atomic E-state index is 11.3. The number of esters is 1. The second kappa shape index (κ2) is 2.04. The minimum atomic E-state index is -0.0426. The molecule has 0 atom stereocenters. The molecule has 3 saturated carbocycles. The van der Waals surface area contributed by atoms with Crippen molar-refractivity contribution in [3.05, 3.63) is 0 Å². The summed E-state index contributed by atoms with van der Waals surface area (Å²) in [5.74, 6) is 0.744. The van der Waals surface area contributed by atoms with Crippen LogP contribution in [0.1, 0.15) is 33.1 Å². The Labute approximate surface area is 73.3 Å². The molecule has 0 amide bonds. The molecule has 0 N–H and O–H groups in total. The fraction of sp³-hybridized carbons (Fsp3) is 0.900. The van der Waals surface area contributed by atoms with Gasteiger partial charge in [-0.05, 0) is 30.6 Å². The summed E-state index contributed by atoms with van der Waals surface area (Å²) in [6, 6.07) is 0. The van der Waals surface area contributed by atoms with E-state index in [9.17, 15) is 4.79 Å². The fourth-order valence-corrected chi connectivity index (χ4v) is 2.91. The van der Waals surface area contributed by atoms with Gasteiger partial charge in [-0.3, -0.25) is 4.79 Å². The topological polar surface area (TPSA) is 26.3 Å². The van der Waals surface area contributed by atoms with E-state index in [2.05, 4.69) is 13.8 Å². The quantitative estimate of drug-likeness (QED) is 0.589. The van der Waals surface area contributed by atoms with Crippen LogP contribution < -0.4 is 0 Å². The van der Waals surface area contributed by atoms with Crippen LogP contribution in [0.15, 0.2) is 0 Å². The highest BCUT2D eigenvalue weighted by atomic mass is 16.5. The molecule has 0 aromatic rings. The third kappa shape index (κ3) is 0.686. The van der Waals surface area contributed by atoms with Crippen molar-refractivity contribution in [1.82, 2.24) is 0 Å². The number of hydrogen-bond donors (Lipinski definition) is 0. The van der Waals surface area contributed by atoms with Gasteiger partial charge in [-0.25, -0.2) is 0 Å². The molecule has 2 heteroatoms. The second-order valence-corrected chi connectivity index (χ2v) is 4.82. The Morgan fingerprint density at radius 2 is 1.83 bits per heavy atom. The maximum Gasteiger partial charge on any atom is 0.311 e.